The Balaban J connectivity index is 1.27. The zero-order valence-corrected chi connectivity index (χ0v) is 27.1. The number of hydrogen-bond donors (Lipinski definition) is 0. The summed E-state index contributed by atoms with van der Waals surface area (Å²) in [6.45, 7) is 13.7. The smallest absolute Gasteiger partial charge is 0.0618 e. The van der Waals surface area contributed by atoms with Crippen LogP contribution in [0.3, 0.4) is 0 Å². The molecule has 0 spiro atoms. The molecule has 0 unspecified atom stereocenters. The lowest BCUT2D eigenvalue weighted by molar-refractivity contribution is 0.521. The van der Waals surface area contributed by atoms with Crippen LogP contribution in [0, 0.1) is 5.41 Å². The van der Waals surface area contributed by atoms with Crippen LogP contribution in [-0.4, -0.2) is 9.13 Å². The number of hydrogen-bond acceptors (Lipinski definition) is 0. The van der Waals surface area contributed by atoms with E-state index >= 15 is 0 Å². The van der Waals surface area contributed by atoms with Crippen molar-refractivity contribution in [3.8, 4) is 33.8 Å². The minimum Gasteiger partial charge on any atom is -0.317 e. The van der Waals surface area contributed by atoms with Gasteiger partial charge in [-0.15, -0.1) is 5.73 Å². The van der Waals surface area contributed by atoms with Crippen LogP contribution in [0.2, 0.25) is 0 Å². The lowest BCUT2D eigenvalue weighted by Gasteiger charge is -2.20. The second-order valence-electron chi connectivity index (χ2n) is 14.1. The Kier molecular flexibility index (Phi) is 6.92. The Morgan fingerprint density at radius 3 is 1.89 bits per heavy atom. The molecule has 0 aliphatic heterocycles. The summed E-state index contributed by atoms with van der Waals surface area (Å²) in [5.74, 6) is 0. The number of fused-ring (bicyclic) bond motifs is 3. The predicted molar refractivity (Wildman–Crippen MR) is 192 cm³/mol. The van der Waals surface area contributed by atoms with Crippen LogP contribution in [0.4, 0.5) is 0 Å². The van der Waals surface area contributed by atoms with Crippen LogP contribution < -0.4 is 0 Å². The van der Waals surface area contributed by atoms with Gasteiger partial charge < -0.3 is 9.13 Å². The molecule has 0 N–H and O–H groups in total. The van der Waals surface area contributed by atoms with Crippen LogP contribution in [0.5, 0.6) is 0 Å². The fourth-order valence-electron chi connectivity index (χ4n) is 6.28. The molecule has 2 nitrogen and oxygen atoms in total. The molecule has 0 bridgehead atoms. The Bertz CT molecular complexity index is 2110. The van der Waals surface area contributed by atoms with E-state index in [0.717, 1.165) is 11.4 Å². The zero-order valence-electron chi connectivity index (χ0n) is 27.1. The van der Waals surface area contributed by atoms with E-state index in [4.69, 9.17) is 0 Å². The summed E-state index contributed by atoms with van der Waals surface area (Å²) in [5.41, 5.74) is 17.0. The van der Waals surface area contributed by atoms with E-state index in [1.54, 1.807) is 0 Å². The van der Waals surface area contributed by atoms with E-state index in [1.165, 1.54) is 55.7 Å². The lowest BCUT2D eigenvalue weighted by Crippen LogP contribution is -2.10. The van der Waals surface area contributed by atoms with Gasteiger partial charge in [0.15, 0.2) is 0 Å². The third-order valence-electron chi connectivity index (χ3n) is 8.96. The van der Waals surface area contributed by atoms with Crippen molar-refractivity contribution in [3.63, 3.8) is 0 Å². The quantitative estimate of drug-likeness (QED) is 0.182. The molecule has 0 amide bonds. The monoisotopic (exact) mass is 584 g/mol. The van der Waals surface area contributed by atoms with E-state index in [1.807, 2.05) is 0 Å². The van der Waals surface area contributed by atoms with E-state index in [9.17, 15) is 0 Å². The molecule has 222 valence electrons. The maximum absolute atomic E-state index is 3.50. The average molecular weight is 585 g/mol. The van der Waals surface area contributed by atoms with Gasteiger partial charge in [-0.05, 0) is 99.3 Å². The third-order valence-corrected chi connectivity index (χ3v) is 8.96. The molecule has 0 saturated heterocycles. The summed E-state index contributed by atoms with van der Waals surface area (Å²) in [4.78, 5) is 0. The standard InChI is InChI=1S/C43H40N2/c1-42(2,3)33-14-10-15-40-37(28-33)38-29-34(43(4,5)6)21-26-41(38)45(40)36-24-19-31(20-25-36)30-17-22-35(23-18-30)44-27-11-16-39(44)32-12-8-7-9-13-32/h7-9,11-29H,1-6H3. The molecule has 0 atom stereocenters. The van der Waals surface area contributed by atoms with E-state index in [2.05, 4.69) is 190 Å². The molecule has 0 saturated carbocycles. The van der Waals surface area contributed by atoms with Gasteiger partial charge in [0.25, 0.3) is 0 Å². The molecular formula is C43H40N2. The highest BCUT2D eigenvalue weighted by atomic mass is 15.0. The van der Waals surface area contributed by atoms with Gasteiger partial charge in [0.05, 0.1) is 16.9 Å². The molecule has 6 aromatic rings. The number of rotatable bonds is 4. The number of aromatic nitrogens is 2. The molecule has 1 aliphatic rings. The minimum absolute atomic E-state index is 0.0279. The van der Waals surface area contributed by atoms with Crippen LogP contribution in [0.25, 0.3) is 56.8 Å². The van der Waals surface area contributed by atoms with Gasteiger partial charge in [-0.1, -0.05) is 102 Å². The van der Waals surface area contributed by atoms with Crippen LogP contribution in [0.1, 0.15) is 58.4 Å². The van der Waals surface area contributed by atoms with Crippen LogP contribution >= 0.6 is 0 Å². The van der Waals surface area contributed by atoms with E-state index in [-0.39, 0.29) is 10.8 Å². The fourth-order valence-corrected chi connectivity index (χ4v) is 6.28. The highest BCUT2D eigenvalue weighted by molar-refractivity contribution is 5.97. The van der Waals surface area contributed by atoms with Crippen LogP contribution in [0.15, 0.2) is 133 Å². The second kappa shape index (κ2) is 10.8. The fraction of sp³-hybridized carbons (Fsp3) is 0.186. The summed E-state index contributed by atoms with van der Waals surface area (Å²) < 4.78 is 4.64. The van der Waals surface area contributed by atoms with Crippen molar-refractivity contribution in [2.75, 3.05) is 0 Å². The predicted octanol–water partition coefficient (Wildman–Crippen LogP) is 11.7. The summed E-state index contributed by atoms with van der Waals surface area (Å²) in [7, 11) is 0. The van der Waals surface area contributed by atoms with Gasteiger partial charge in [-0.3, -0.25) is 0 Å². The second-order valence-corrected chi connectivity index (χ2v) is 14.1. The normalized spacial score (nSPS) is 13.2. The van der Waals surface area contributed by atoms with Crippen molar-refractivity contribution in [1.29, 1.82) is 0 Å². The largest absolute Gasteiger partial charge is 0.317 e. The molecule has 0 fully saturated rings. The molecule has 7 rings (SSSR count). The first kappa shape index (κ1) is 28.7. The first-order valence-electron chi connectivity index (χ1n) is 15.9. The summed E-state index contributed by atoms with van der Waals surface area (Å²) in [5, 5.41) is 1.28. The molecule has 0 radical (unpaired) electrons. The van der Waals surface area contributed by atoms with Gasteiger partial charge in [-0.25, -0.2) is 0 Å². The minimum atomic E-state index is 0.0279. The van der Waals surface area contributed by atoms with E-state index < -0.39 is 0 Å². The van der Waals surface area contributed by atoms with Gasteiger partial charge in [0.2, 0.25) is 0 Å². The molecule has 45 heavy (non-hydrogen) atoms. The Hall–Kier alpha value is -5.04. The first-order valence-corrected chi connectivity index (χ1v) is 15.9. The Labute approximate surface area is 267 Å². The molecule has 2 heteroatoms. The highest BCUT2D eigenvalue weighted by Gasteiger charge is 2.23. The maximum Gasteiger partial charge on any atom is 0.0618 e. The van der Waals surface area contributed by atoms with Crippen LogP contribution in [-0.2, 0) is 5.41 Å². The Morgan fingerprint density at radius 2 is 1.24 bits per heavy atom. The Morgan fingerprint density at radius 1 is 0.578 bits per heavy atom. The summed E-state index contributed by atoms with van der Waals surface area (Å²) in [6, 6.07) is 39.6. The summed E-state index contributed by atoms with van der Waals surface area (Å²) in [6.07, 6.45) is 8.80. The molecular weight excluding hydrogens is 544 g/mol. The number of nitrogens with zero attached hydrogens (tertiary/aromatic N) is 2. The molecule has 4 aromatic carbocycles. The first-order chi connectivity index (χ1) is 21.6. The van der Waals surface area contributed by atoms with Crippen molar-refractivity contribution < 1.29 is 0 Å². The topological polar surface area (TPSA) is 9.86 Å². The molecule has 2 heterocycles. The number of allylic oxidation sites excluding steroid dienone is 2. The molecule has 2 aromatic heterocycles. The maximum atomic E-state index is 3.50. The summed E-state index contributed by atoms with van der Waals surface area (Å²) >= 11 is 0. The SMILES string of the molecule is CC(C)(C)C1=Cc2c(n(-c3ccc(-c4ccc(-n5cccc5-c5ccccc5)cc4)cc3)c3ccc(C(C)(C)C)cc23)C=C=C1. The lowest BCUT2D eigenvalue weighted by atomic mass is 9.84. The number of benzene rings is 4. The van der Waals surface area contributed by atoms with Crippen molar-refractivity contribution in [2.24, 2.45) is 5.41 Å². The molecule has 1 aliphatic carbocycles. The van der Waals surface area contributed by atoms with E-state index in [0.29, 0.717) is 0 Å². The third kappa shape index (κ3) is 5.33. The van der Waals surface area contributed by atoms with Gasteiger partial charge in [0, 0.05) is 34.6 Å². The average Bonchev–Trinajstić information content (AvgIpc) is 3.56. The van der Waals surface area contributed by atoms with Gasteiger partial charge >= 0.3 is 0 Å². The highest BCUT2D eigenvalue weighted by Crippen LogP contribution is 2.39. The van der Waals surface area contributed by atoms with Gasteiger partial charge in [-0.2, -0.15) is 0 Å². The zero-order chi connectivity index (χ0) is 31.3. The van der Waals surface area contributed by atoms with Crippen molar-refractivity contribution in [1.82, 2.24) is 9.13 Å². The van der Waals surface area contributed by atoms with Crippen molar-refractivity contribution in [2.45, 2.75) is 47.0 Å². The van der Waals surface area contributed by atoms with Crippen molar-refractivity contribution >= 4 is 23.1 Å². The van der Waals surface area contributed by atoms with Crippen molar-refractivity contribution in [3.05, 3.63) is 150 Å². The van der Waals surface area contributed by atoms with Gasteiger partial charge in [0.1, 0.15) is 0 Å².